The van der Waals surface area contributed by atoms with Crippen molar-refractivity contribution >= 4 is 17.5 Å². The summed E-state index contributed by atoms with van der Waals surface area (Å²) in [5.74, 6) is -0.719. The minimum absolute atomic E-state index is 0.121. The predicted molar refractivity (Wildman–Crippen MR) is 78.2 cm³/mol. The van der Waals surface area contributed by atoms with Gasteiger partial charge >= 0.3 is 11.7 Å². The number of ether oxygens (including phenoxy) is 1. The summed E-state index contributed by atoms with van der Waals surface area (Å²) >= 11 is 0. The topological polar surface area (TPSA) is 94.7 Å². The highest BCUT2D eigenvalue weighted by Gasteiger charge is 2.07. The van der Waals surface area contributed by atoms with E-state index in [4.69, 9.17) is 0 Å². The van der Waals surface area contributed by atoms with Crippen LogP contribution in [-0.4, -0.2) is 39.7 Å². The van der Waals surface area contributed by atoms with E-state index in [9.17, 15) is 14.4 Å². The second-order valence-corrected chi connectivity index (χ2v) is 4.41. The van der Waals surface area contributed by atoms with Crippen LogP contribution >= 0.6 is 0 Å². The number of aromatic nitrogens is 3. The summed E-state index contributed by atoms with van der Waals surface area (Å²) in [5.41, 5.74) is 0.253. The Morgan fingerprint density at radius 3 is 2.95 bits per heavy atom. The summed E-state index contributed by atoms with van der Waals surface area (Å²) in [7, 11) is 1.28. The van der Waals surface area contributed by atoms with Crippen molar-refractivity contribution in [1.29, 1.82) is 0 Å². The van der Waals surface area contributed by atoms with Crippen molar-refractivity contribution in [2.24, 2.45) is 0 Å². The third-order valence-electron chi connectivity index (χ3n) is 2.91. The van der Waals surface area contributed by atoms with Crippen molar-refractivity contribution in [1.82, 2.24) is 19.5 Å². The quantitative estimate of drug-likeness (QED) is 0.585. The molecule has 2 aromatic heterocycles. The third kappa shape index (κ3) is 3.81. The van der Waals surface area contributed by atoms with Crippen LogP contribution < -0.4 is 11.0 Å². The number of nitrogens with zero attached hydrogens (tertiary/aromatic N) is 3. The maximum absolute atomic E-state index is 12.0. The molecule has 0 aromatic carbocycles. The highest BCUT2D eigenvalue weighted by molar-refractivity contribution is 5.82. The molecule has 0 saturated heterocycles. The summed E-state index contributed by atoms with van der Waals surface area (Å²) in [4.78, 5) is 34.4. The molecule has 0 aliphatic heterocycles. The molecule has 2 heterocycles. The number of carbonyl (C=O) groups is 2. The molecule has 0 fully saturated rings. The molecule has 1 N–H and O–H groups in total. The molecule has 2 aromatic rings. The lowest BCUT2D eigenvalue weighted by molar-refractivity contribution is -0.134. The van der Waals surface area contributed by atoms with Crippen LogP contribution in [0.2, 0.25) is 0 Å². The van der Waals surface area contributed by atoms with Crippen LogP contribution in [0.3, 0.4) is 0 Å². The number of nitrogens with one attached hydrogen (secondary N) is 1. The molecule has 8 heteroatoms. The Morgan fingerprint density at radius 1 is 1.41 bits per heavy atom. The number of pyridine rings is 1. The first kappa shape index (κ1) is 15.5. The molecule has 0 aliphatic carbocycles. The predicted octanol–water partition coefficient (Wildman–Crippen LogP) is -0.269. The van der Waals surface area contributed by atoms with E-state index in [-0.39, 0.29) is 31.1 Å². The number of rotatable bonds is 6. The van der Waals surface area contributed by atoms with Gasteiger partial charge in [-0.25, -0.2) is 14.3 Å². The summed E-state index contributed by atoms with van der Waals surface area (Å²) in [5, 5.41) is 6.73. The fourth-order valence-electron chi connectivity index (χ4n) is 1.81. The van der Waals surface area contributed by atoms with E-state index in [1.165, 1.54) is 28.3 Å². The Hall–Kier alpha value is -2.90. The Morgan fingerprint density at radius 2 is 2.23 bits per heavy atom. The Kier molecular flexibility index (Phi) is 5.07. The zero-order valence-corrected chi connectivity index (χ0v) is 12.1. The maximum Gasteiger partial charge on any atom is 0.350 e. The molecule has 0 radical (unpaired) electrons. The van der Waals surface area contributed by atoms with Gasteiger partial charge in [0.15, 0.2) is 5.65 Å². The van der Waals surface area contributed by atoms with Gasteiger partial charge in [0.05, 0.1) is 13.7 Å². The highest BCUT2D eigenvalue weighted by atomic mass is 16.5. The molecule has 22 heavy (non-hydrogen) atoms. The Bertz CT molecular complexity index is 760. The average molecular weight is 304 g/mol. The largest absolute Gasteiger partial charge is 0.466 e. The minimum atomic E-state index is -0.481. The summed E-state index contributed by atoms with van der Waals surface area (Å²) < 4.78 is 7.08. The first-order chi connectivity index (χ1) is 10.6. The van der Waals surface area contributed by atoms with E-state index in [1.807, 2.05) is 0 Å². The molecule has 8 nitrogen and oxygen atoms in total. The minimum Gasteiger partial charge on any atom is -0.466 e. The van der Waals surface area contributed by atoms with E-state index < -0.39 is 5.97 Å². The highest BCUT2D eigenvalue weighted by Crippen LogP contribution is 1.95. The maximum atomic E-state index is 12.0. The fourth-order valence-corrected chi connectivity index (χ4v) is 1.81. The second-order valence-electron chi connectivity index (χ2n) is 4.41. The molecule has 1 amide bonds. The number of hydrogen-bond acceptors (Lipinski definition) is 5. The van der Waals surface area contributed by atoms with E-state index in [1.54, 1.807) is 24.4 Å². The third-order valence-corrected chi connectivity index (χ3v) is 2.91. The van der Waals surface area contributed by atoms with Crippen molar-refractivity contribution in [2.75, 3.05) is 13.7 Å². The van der Waals surface area contributed by atoms with Gasteiger partial charge in [-0.2, -0.15) is 0 Å². The molecule has 0 aliphatic rings. The Balaban J connectivity index is 1.85. The van der Waals surface area contributed by atoms with Crippen LogP contribution in [-0.2, 0) is 20.9 Å². The second kappa shape index (κ2) is 7.21. The summed E-state index contributed by atoms with van der Waals surface area (Å²) in [6.45, 7) is 0.404. The van der Waals surface area contributed by atoms with Crippen molar-refractivity contribution in [3.8, 4) is 0 Å². The lowest BCUT2D eigenvalue weighted by Crippen LogP contribution is -2.28. The average Bonchev–Trinajstić information content (AvgIpc) is 2.86. The smallest absolute Gasteiger partial charge is 0.350 e. The van der Waals surface area contributed by atoms with Gasteiger partial charge in [0, 0.05) is 25.2 Å². The number of amides is 1. The van der Waals surface area contributed by atoms with Gasteiger partial charge in [-0.3, -0.25) is 9.20 Å². The monoisotopic (exact) mass is 304 g/mol. The van der Waals surface area contributed by atoms with E-state index >= 15 is 0 Å². The van der Waals surface area contributed by atoms with Crippen LogP contribution in [0, 0.1) is 0 Å². The Labute approximate surface area is 126 Å². The number of aryl methyl sites for hydroxylation is 1. The molecule has 0 spiro atoms. The number of carbonyl (C=O) groups excluding carboxylic acids is 2. The van der Waals surface area contributed by atoms with Crippen molar-refractivity contribution in [3.63, 3.8) is 0 Å². The first-order valence-corrected chi connectivity index (χ1v) is 6.67. The van der Waals surface area contributed by atoms with E-state index in [0.717, 1.165) is 0 Å². The fraction of sp³-hybridized carbons (Fsp3) is 0.286. The van der Waals surface area contributed by atoms with Crippen LogP contribution in [0.25, 0.3) is 5.65 Å². The van der Waals surface area contributed by atoms with Crippen LogP contribution in [0.15, 0.2) is 41.3 Å². The summed E-state index contributed by atoms with van der Waals surface area (Å²) in [6.07, 6.45) is 4.46. The molecule has 0 unspecified atom stereocenters. The lowest BCUT2D eigenvalue weighted by Gasteiger charge is -2.01. The molecule has 116 valence electrons. The van der Waals surface area contributed by atoms with Crippen molar-refractivity contribution < 1.29 is 14.3 Å². The van der Waals surface area contributed by atoms with E-state index in [0.29, 0.717) is 5.65 Å². The molecule has 0 atom stereocenters. The normalized spacial score (nSPS) is 11.0. The molecular weight excluding hydrogens is 288 g/mol. The van der Waals surface area contributed by atoms with Gasteiger partial charge in [0.25, 0.3) is 0 Å². The summed E-state index contributed by atoms with van der Waals surface area (Å²) in [6, 6.07) is 5.24. The molecule has 2 rings (SSSR count). The van der Waals surface area contributed by atoms with E-state index in [2.05, 4.69) is 15.2 Å². The number of fused-ring (bicyclic) bond motifs is 1. The lowest BCUT2D eigenvalue weighted by atomic mass is 10.4. The molecule has 0 saturated carbocycles. The zero-order valence-electron chi connectivity index (χ0n) is 12.1. The van der Waals surface area contributed by atoms with Gasteiger partial charge in [0.2, 0.25) is 5.91 Å². The number of methoxy groups -OCH3 is 1. The van der Waals surface area contributed by atoms with Gasteiger partial charge in [-0.15, -0.1) is 5.10 Å². The van der Waals surface area contributed by atoms with Crippen molar-refractivity contribution in [2.45, 2.75) is 13.0 Å². The van der Waals surface area contributed by atoms with Crippen LogP contribution in [0.1, 0.15) is 6.42 Å². The first-order valence-electron chi connectivity index (χ1n) is 6.67. The number of hydrogen-bond donors (Lipinski definition) is 1. The number of esters is 1. The van der Waals surface area contributed by atoms with Crippen molar-refractivity contribution in [3.05, 3.63) is 47.0 Å². The SMILES string of the molecule is COC(=O)/C=C/CNC(=O)CCn1nc2ccccn2c1=O. The van der Waals surface area contributed by atoms with Gasteiger partial charge in [-0.05, 0) is 12.1 Å². The molecular formula is C14H16N4O4. The van der Waals surface area contributed by atoms with Gasteiger partial charge in [0.1, 0.15) is 0 Å². The molecule has 0 bridgehead atoms. The van der Waals surface area contributed by atoms with Gasteiger partial charge in [-0.1, -0.05) is 12.1 Å². The zero-order chi connectivity index (χ0) is 15.9. The standard InChI is InChI=1S/C14H16N4O4/c1-22-13(20)6-4-8-15-12(19)7-10-18-14(21)17-9-3-2-5-11(17)16-18/h2-6,9H,7-8,10H2,1H3,(H,15,19)/b6-4+. The van der Waals surface area contributed by atoms with Crippen LogP contribution in [0.5, 0.6) is 0 Å². The van der Waals surface area contributed by atoms with Gasteiger partial charge < -0.3 is 10.1 Å². The van der Waals surface area contributed by atoms with Crippen LogP contribution in [0.4, 0.5) is 0 Å².